The molecule has 0 bridgehead atoms. The number of hydrogen-bond donors (Lipinski definition) is 2. The van der Waals surface area contributed by atoms with E-state index in [2.05, 4.69) is 5.32 Å². The van der Waals surface area contributed by atoms with Gasteiger partial charge >= 0.3 is 0 Å². The van der Waals surface area contributed by atoms with Crippen LogP contribution in [0.15, 0.2) is 30.3 Å². The van der Waals surface area contributed by atoms with Crippen molar-refractivity contribution in [3.05, 3.63) is 41.7 Å². The first kappa shape index (κ1) is 14.4. The molecule has 1 amide bonds. The number of halogens is 1. The van der Waals surface area contributed by atoms with Crippen LogP contribution >= 0.6 is 0 Å². The van der Waals surface area contributed by atoms with Crippen molar-refractivity contribution in [3.63, 3.8) is 0 Å². The fraction of sp³-hybridized carbons (Fsp3) is 0.357. The summed E-state index contributed by atoms with van der Waals surface area (Å²) in [5.41, 5.74) is 6.33. The summed E-state index contributed by atoms with van der Waals surface area (Å²) in [5, 5.41) is 2.82. The van der Waals surface area contributed by atoms with E-state index in [1.54, 1.807) is 18.2 Å². The van der Waals surface area contributed by atoms with Crippen LogP contribution in [0.5, 0.6) is 0 Å². The van der Waals surface area contributed by atoms with Gasteiger partial charge in [-0.05, 0) is 30.2 Å². The molecule has 0 aliphatic rings. The van der Waals surface area contributed by atoms with Crippen molar-refractivity contribution in [2.75, 3.05) is 6.54 Å². The lowest BCUT2D eigenvalue weighted by Gasteiger charge is -2.14. The van der Waals surface area contributed by atoms with Gasteiger partial charge in [0.05, 0.1) is 0 Å². The van der Waals surface area contributed by atoms with Crippen molar-refractivity contribution in [3.8, 4) is 0 Å². The molecule has 0 saturated heterocycles. The normalized spacial score (nSPS) is 12.6. The Hall–Kier alpha value is -1.68. The zero-order valence-corrected chi connectivity index (χ0v) is 10.5. The first-order chi connectivity index (χ1) is 8.65. The number of rotatable bonds is 6. The summed E-state index contributed by atoms with van der Waals surface area (Å²) in [7, 11) is 0. The molecule has 4 heteroatoms. The molecule has 0 aromatic heterocycles. The van der Waals surface area contributed by atoms with Crippen molar-refractivity contribution < 1.29 is 9.18 Å². The Morgan fingerprint density at radius 3 is 2.67 bits per heavy atom. The van der Waals surface area contributed by atoms with E-state index in [1.807, 2.05) is 6.92 Å². The van der Waals surface area contributed by atoms with Gasteiger partial charge < -0.3 is 11.1 Å². The fourth-order valence-corrected chi connectivity index (χ4v) is 1.59. The first-order valence-electron chi connectivity index (χ1n) is 6.10. The fourth-order valence-electron chi connectivity index (χ4n) is 1.59. The molecule has 1 atom stereocenters. The molecular formula is C14H19FN2O. The maximum Gasteiger partial charge on any atom is 0.244 e. The molecule has 3 N–H and O–H groups in total. The Morgan fingerprint density at radius 1 is 1.44 bits per heavy atom. The average Bonchev–Trinajstić information content (AvgIpc) is 2.37. The van der Waals surface area contributed by atoms with Crippen LogP contribution in [0.4, 0.5) is 4.39 Å². The maximum atomic E-state index is 12.7. The summed E-state index contributed by atoms with van der Waals surface area (Å²) < 4.78 is 12.7. The van der Waals surface area contributed by atoms with Gasteiger partial charge in [-0.3, -0.25) is 4.79 Å². The average molecular weight is 250 g/mol. The Bertz CT molecular complexity index is 401. The zero-order chi connectivity index (χ0) is 13.4. The molecule has 0 spiro atoms. The highest BCUT2D eigenvalue weighted by Crippen LogP contribution is 2.04. The van der Waals surface area contributed by atoms with Crippen LogP contribution in [0.25, 0.3) is 6.08 Å². The van der Waals surface area contributed by atoms with Gasteiger partial charge in [0.1, 0.15) is 5.82 Å². The van der Waals surface area contributed by atoms with Gasteiger partial charge in [0.2, 0.25) is 5.91 Å². The van der Waals surface area contributed by atoms with E-state index < -0.39 is 0 Å². The molecular weight excluding hydrogens is 231 g/mol. The molecule has 0 aliphatic heterocycles. The van der Waals surface area contributed by atoms with Crippen LogP contribution in [0.2, 0.25) is 0 Å². The standard InChI is InChI=1S/C14H19FN2O/c1-2-3-13(10-16)17-14(18)9-6-11-4-7-12(15)8-5-11/h4-9,13H,2-3,10,16H2,1H3,(H,17,18). The summed E-state index contributed by atoms with van der Waals surface area (Å²) >= 11 is 0. The Kier molecular flexibility index (Phi) is 6.08. The Morgan fingerprint density at radius 2 is 2.11 bits per heavy atom. The van der Waals surface area contributed by atoms with E-state index in [-0.39, 0.29) is 17.8 Å². The number of nitrogens with one attached hydrogen (secondary N) is 1. The molecule has 1 rings (SSSR count). The highest BCUT2D eigenvalue weighted by molar-refractivity contribution is 5.91. The van der Waals surface area contributed by atoms with E-state index >= 15 is 0 Å². The predicted octanol–water partition coefficient (Wildman–Crippen LogP) is 2.08. The monoisotopic (exact) mass is 250 g/mol. The summed E-state index contributed by atoms with van der Waals surface area (Å²) in [5.74, 6) is -0.467. The molecule has 1 aromatic carbocycles. The zero-order valence-electron chi connectivity index (χ0n) is 10.5. The summed E-state index contributed by atoms with van der Waals surface area (Å²) in [6.45, 7) is 2.48. The summed E-state index contributed by atoms with van der Waals surface area (Å²) in [6.07, 6.45) is 4.93. The number of amides is 1. The minimum atomic E-state index is -0.289. The SMILES string of the molecule is CCCC(CN)NC(=O)C=Cc1ccc(F)cc1. The molecule has 1 unspecified atom stereocenters. The van der Waals surface area contributed by atoms with Crippen LogP contribution in [0.3, 0.4) is 0 Å². The highest BCUT2D eigenvalue weighted by atomic mass is 19.1. The van der Waals surface area contributed by atoms with E-state index in [0.717, 1.165) is 18.4 Å². The van der Waals surface area contributed by atoms with Crippen LogP contribution in [-0.2, 0) is 4.79 Å². The lowest BCUT2D eigenvalue weighted by atomic mass is 10.1. The van der Waals surface area contributed by atoms with E-state index in [4.69, 9.17) is 5.73 Å². The van der Waals surface area contributed by atoms with Gasteiger partial charge in [-0.25, -0.2) is 4.39 Å². The first-order valence-corrected chi connectivity index (χ1v) is 6.10. The second kappa shape index (κ2) is 7.61. The number of nitrogens with two attached hydrogens (primary N) is 1. The van der Waals surface area contributed by atoms with Crippen LogP contribution < -0.4 is 11.1 Å². The summed E-state index contributed by atoms with van der Waals surface area (Å²) in [6, 6.07) is 5.96. The number of benzene rings is 1. The number of hydrogen-bond acceptors (Lipinski definition) is 2. The van der Waals surface area contributed by atoms with Crippen LogP contribution in [0, 0.1) is 5.82 Å². The minimum absolute atomic E-state index is 0.0142. The van der Waals surface area contributed by atoms with Gasteiger partial charge in [-0.2, -0.15) is 0 Å². The second-order valence-electron chi connectivity index (χ2n) is 4.11. The molecule has 0 heterocycles. The molecule has 0 fully saturated rings. The van der Waals surface area contributed by atoms with Gasteiger partial charge in [0.25, 0.3) is 0 Å². The molecule has 0 aliphatic carbocycles. The lowest BCUT2D eigenvalue weighted by Crippen LogP contribution is -2.39. The molecule has 18 heavy (non-hydrogen) atoms. The lowest BCUT2D eigenvalue weighted by molar-refractivity contribution is -0.117. The topological polar surface area (TPSA) is 55.1 Å². The van der Waals surface area contributed by atoms with Gasteiger partial charge in [0, 0.05) is 18.7 Å². The van der Waals surface area contributed by atoms with E-state index in [0.29, 0.717) is 6.54 Å². The quantitative estimate of drug-likeness (QED) is 0.759. The van der Waals surface area contributed by atoms with Gasteiger partial charge in [-0.1, -0.05) is 25.5 Å². The van der Waals surface area contributed by atoms with E-state index in [9.17, 15) is 9.18 Å². The molecule has 98 valence electrons. The third kappa shape index (κ3) is 5.10. The number of carbonyl (C=O) groups excluding carboxylic acids is 1. The van der Waals surface area contributed by atoms with Crippen molar-refractivity contribution in [1.82, 2.24) is 5.32 Å². The van der Waals surface area contributed by atoms with Crippen molar-refractivity contribution in [2.45, 2.75) is 25.8 Å². The van der Waals surface area contributed by atoms with E-state index in [1.165, 1.54) is 18.2 Å². The second-order valence-corrected chi connectivity index (χ2v) is 4.11. The third-order valence-electron chi connectivity index (χ3n) is 2.57. The molecule has 0 saturated carbocycles. The summed E-state index contributed by atoms with van der Waals surface area (Å²) in [4.78, 5) is 11.6. The van der Waals surface area contributed by atoms with Crippen LogP contribution in [0.1, 0.15) is 25.3 Å². The third-order valence-corrected chi connectivity index (χ3v) is 2.57. The smallest absolute Gasteiger partial charge is 0.244 e. The molecule has 0 radical (unpaired) electrons. The van der Waals surface area contributed by atoms with Crippen molar-refractivity contribution in [2.24, 2.45) is 5.73 Å². The Balaban J connectivity index is 2.50. The maximum absolute atomic E-state index is 12.7. The number of carbonyl (C=O) groups is 1. The van der Waals surface area contributed by atoms with Gasteiger partial charge in [-0.15, -0.1) is 0 Å². The van der Waals surface area contributed by atoms with Crippen molar-refractivity contribution >= 4 is 12.0 Å². The van der Waals surface area contributed by atoms with Crippen molar-refractivity contribution in [1.29, 1.82) is 0 Å². The largest absolute Gasteiger partial charge is 0.349 e. The van der Waals surface area contributed by atoms with Crippen LogP contribution in [-0.4, -0.2) is 18.5 Å². The predicted molar refractivity (Wildman–Crippen MR) is 71.3 cm³/mol. The Labute approximate surface area is 107 Å². The highest BCUT2D eigenvalue weighted by Gasteiger charge is 2.06. The minimum Gasteiger partial charge on any atom is -0.349 e. The molecule has 3 nitrogen and oxygen atoms in total. The molecule has 1 aromatic rings. The van der Waals surface area contributed by atoms with Gasteiger partial charge in [0.15, 0.2) is 0 Å².